The number of likely N-dealkylation sites (N-methyl/N-ethyl adjacent to an activating group) is 1. The van der Waals surface area contributed by atoms with Crippen LogP contribution in [0, 0.1) is 5.41 Å². The Bertz CT molecular complexity index is 538. The van der Waals surface area contributed by atoms with Crippen molar-refractivity contribution in [3.05, 3.63) is 0 Å². The largest absolute Gasteiger partial charge is 0.373 e. The summed E-state index contributed by atoms with van der Waals surface area (Å²) in [5.41, 5.74) is 0.966. The molecule has 0 bridgehead atoms. The fourth-order valence-corrected chi connectivity index (χ4v) is 5.12. The van der Waals surface area contributed by atoms with Gasteiger partial charge in [-0.3, -0.25) is 14.7 Å². The van der Waals surface area contributed by atoms with E-state index in [1.165, 1.54) is 45.6 Å². The van der Waals surface area contributed by atoms with Gasteiger partial charge >= 0.3 is 0 Å². The highest BCUT2D eigenvalue weighted by atomic mass is 16.5. The molecular weight excluding hydrogens is 420 g/mol. The maximum absolute atomic E-state index is 5.60. The molecule has 5 nitrogen and oxygen atoms in total. The van der Waals surface area contributed by atoms with Gasteiger partial charge in [-0.2, -0.15) is 0 Å². The number of hydrogen-bond acceptors (Lipinski definition) is 5. The van der Waals surface area contributed by atoms with Crippen LogP contribution in [0.5, 0.6) is 0 Å². The number of likely N-dealkylation sites (tertiary alicyclic amines) is 1. The standard InChI is InChI=1S/C10H22N2.C10H21N.C9H19NO/c1-9(2)12-7-6-11(5)10(3,4)8-12;1-9(2)11-7-5-6-10(3,4)8-11;1-8(2)10-5-6-11-9(3,4)7-10/h9H,6-8H2,1-5H3;9H,5-8H2,1-4H3;8H,5-7H2,1-4H3. The molecule has 0 aromatic heterocycles. The highest BCUT2D eigenvalue weighted by Gasteiger charge is 2.32. The monoisotopic (exact) mass is 482 g/mol. The molecule has 0 radical (unpaired) electrons. The van der Waals surface area contributed by atoms with Crippen molar-refractivity contribution in [2.75, 3.05) is 59.5 Å². The smallest absolute Gasteiger partial charge is 0.0753 e. The van der Waals surface area contributed by atoms with Crippen LogP contribution in [0.25, 0.3) is 0 Å². The number of rotatable bonds is 3. The van der Waals surface area contributed by atoms with Crippen LogP contribution in [0.2, 0.25) is 0 Å². The lowest BCUT2D eigenvalue weighted by atomic mass is 9.84. The van der Waals surface area contributed by atoms with E-state index in [2.05, 4.69) is 110 Å². The Morgan fingerprint density at radius 1 is 0.618 bits per heavy atom. The molecule has 0 unspecified atom stereocenters. The van der Waals surface area contributed by atoms with E-state index < -0.39 is 0 Å². The minimum atomic E-state index is 0.0581. The maximum Gasteiger partial charge on any atom is 0.0753 e. The molecule has 204 valence electrons. The van der Waals surface area contributed by atoms with Crippen LogP contribution in [0.15, 0.2) is 0 Å². The van der Waals surface area contributed by atoms with Crippen molar-refractivity contribution in [3.63, 3.8) is 0 Å². The lowest BCUT2D eigenvalue weighted by molar-refractivity contribution is -0.0936. The first-order valence-corrected chi connectivity index (χ1v) is 14.0. The van der Waals surface area contributed by atoms with Crippen LogP contribution in [0.1, 0.15) is 95.9 Å². The van der Waals surface area contributed by atoms with Gasteiger partial charge in [0.05, 0.1) is 12.2 Å². The van der Waals surface area contributed by atoms with Crippen molar-refractivity contribution in [1.82, 2.24) is 19.6 Å². The van der Waals surface area contributed by atoms with Gasteiger partial charge in [-0.15, -0.1) is 0 Å². The molecule has 0 N–H and O–H groups in total. The molecule has 3 saturated heterocycles. The molecule has 3 aliphatic heterocycles. The molecule has 0 aromatic carbocycles. The van der Waals surface area contributed by atoms with Crippen LogP contribution in [-0.4, -0.2) is 108 Å². The Kier molecular flexibility index (Phi) is 12.5. The van der Waals surface area contributed by atoms with Crippen molar-refractivity contribution in [1.29, 1.82) is 0 Å². The summed E-state index contributed by atoms with van der Waals surface area (Å²) in [6, 6.07) is 2.07. The molecule has 0 amide bonds. The lowest BCUT2D eigenvalue weighted by Gasteiger charge is -2.46. The zero-order chi connectivity index (χ0) is 26.3. The zero-order valence-corrected chi connectivity index (χ0v) is 25.5. The van der Waals surface area contributed by atoms with Crippen molar-refractivity contribution in [2.45, 2.75) is 125 Å². The highest BCUT2D eigenvalue weighted by molar-refractivity contribution is 4.89. The fraction of sp³-hybridized carbons (Fsp3) is 1.00. The number of morpholine rings is 1. The van der Waals surface area contributed by atoms with Gasteiger partial charge in [0, 0.05) is 62.9 Å². The van der Waals surface area contributed by atoms with Gasteiger partial charge in [0.2, 0.25) is 0 Å². The Morgan fingerprint density at radius 3 is 1.50 bits per heavy atom. The molecule has 3 aliphatic rings. The summed E-state index contributed by atoms with van der Waals surface area (Å²) in [6.07, 6.45) is 2.78. The third-order valence-electron chi connectivity index (χ3n) is 7.92. The summed E-state index contributed by atoms with van der Waals surface area (Å²) in [6.45, 7) is 36.6. The third-order valence-corrected chi connectivity index (χ3v) is 7.92. The van der Waals surface area contributed by atoms with Gasteiger partial charge in [0.1, 0.15) is 0 Å². The third kappa shape index (κ3) is 11.2. The molecule has 3 rings (SSSR count). The normalized spacial score (nSPS) is 26.1. The van der Waals surface area contributed by atoms with Crippen LogP contribution in [0.4, 0.5) is 0 Å². The molecular formula is C29H62N4O. The lowest BCUT2D eigenvalue weighted by Crippen LogP contribution is -2.58. The average Bonchev–Trinajstić information content (AvgIpc) is 2.69. The highest BCUT2D eigenvalue weighted by Crippen LogP contribution is 2.29. The molecule has 0 atom stereocenters. The van der Waals surface area contributed by atoms with Crippen LogP contribution < -0.4 is 0 Å². The van der Waals surface area contributed by atoms with Crippen LogP contribution in [-0.2, 0) is 4.74 Å². The summed E-state index contributed by atoms with van der Waals surface area (Å²) < 4.78 is 5.60. The predicted octanol–water partition coefficient (Wildman–Crippen LogP) is 5.44. The summed E-state index contributed by atoms with van der Waals surface area (Å²) >= 11 is 0. The number of piperazine rings is 1. The van der Waals surface area contributed by atoms with E-state index in [1.54, 1.807) is 0 Å². The molecule has 3 fully saturated rings. The van der Waals surface area contributed by atoms with Gasteiger partial charge in [0.25, 0.3) is 0 Å². The summed E-state index contributed by atoms with van der Waals surface area (Å²) in [7, 11) is 2.22. The number of piperidine rings is 1. The van der Waals surface area contributed by atoms with Crippen LogP contribution >= 0.6 is 0 Å². The van der Waals surface area contributed by atoms with E-state index in [9.17, 15) is 0 Å². The van der Waals surface area contributed by atoms with Crippen molar-refractivity contribution in [2.24, 2.45) is 5.41 Å². The maximum atomic E-state index is 5.60. The van der Waals surface area contributed by atoms with Gasteiger partial charge in [0.15, 0.2) is 0 Å². The molecule has 0 aliphatic carbocycles. The van der Waals surface area contributed by atoms with E-state index >= 15 is 0 Å². The van der Waals surface area contributed by atoms with E-state index in [4.69, 9.17) is 4.74 Å². The Labute approximate surface area is 214 Å². The topological polar surface area (TPSA) is 22.2 Å². The quantitative estimate of drug-likeness (QED) is 0.532. The predicted molar refractivity (Wildman–Crippen MR) is 150 cm³/mol. The number of nitrogens with zero attached hydrogens (tertiary/aromatic N) is 4. The second-order valence-electron chi connectivity index (χ2n) is 13.8. The summed E-state index contributed by atoms with van der Waals surface area (Å²) in [4.78, 5) is 10.1. The fourth-order valence-electron chi connectivity index (χ4n) is 5.12. The molecule has 0 spiro atoms. The molecule has 0 aromatic rings. The number of hydrogen-bond donors (Lipinski definition) is 0. The van der Waals surface area contributed by atoms with Gasteiger partial charge in [-0.05, 0) is 101 Å². The first kappa shape index (κ1) is 31.8. The minimum Gasteiger partial charge on any atom is -0.373 e. The molecule has 0 saturated carbocycles. The molecule has 34 heavy (non-hydrogen) atoms. The average molecular weight is 483 g/mol. The second-order valence-corrected chi connectivity index (χ2v) is 13.8. The Balaban J connectivity index is 0.000000255. The van der Waals surface area contributed by atoms with Gasteiger partial charge in [-0.1, -0.05) is 13.8 Å². The van der Waals surface area contributed by atoms with E-state index in [1.807, 2.05) is 0 Å². The SMILES string of the molecule is CC(C)N1CCCC(C)(C)C1.CC(C)N1CCN(C)C(C)(C)C1.CC(C)N1CCOC(C)(C)C1. The van der Waals surface area contributed by atoms with E-state index in [0.29, 0.717) is 23.0 Å². The van der Waals surface area contributed by atoms with Crippen molar-refractivity contribution in [3.8, 4) is 0 Å². The Hall–Kier alpha value is -0.200. The second kappa shape index (κ2) is 13.4. The Morgan fingerprint density at radius 2 is 1.12 bits per heavy atom. The van der Waals surface area contributed by atoms with Gasteiger partial charge in [-0.25, -0.2) is 0 Å². The summed E-state index contributed by atoms with van der Waals surface area (Å²) in [5, 5.41) is 0. The van der Waals surface area contributed by atoms with E-state index in [-0.39, 0.29) is 5.60 Å². The first-order chi connectivity index (χ1) is 15.5. The first-order valence-electron chi connectivity index (χ1n) is 14.0. The summed E-state index contributed by atoms with van der Waals surface area (Å²) in [5.74, 6) is 0. The van der Waals surface area contributed by atoms with Gasteiger partial charge < -0.3 is 9.64 Å². The minimum absolute atomic E-state index is 0.0581. The molecule has 5 heteroatoms. The van der Waals surface area contributed by atoms with Crippen molar-refractivity contribution >= 4 is 0 Å². The molecule has 3 heterocycles. The van der Waals surface area contributed by atoms with E-state index in [0.717, 1.165) is 25.7 Å². The van der Waals surface area contributed by atoms with Crippen LogP contribution in [0.3, 0.4) is 0 Å². The van der Waals surface area contributed by atoms with Crippen molar-refractivity contribution < 1.29 is 4.74 Å². The number of ether oxygens (including phenoxy) is 1. The zero-order valence-electron chi connectivity index (χ0n) is 25.5.